The number of rotatable bonds is 14. The van der Waals surface area contributed by atoms with Crippen LogP contribution < -0.4 is 0 Å². The molecule has 3 rings (SSSR count). The van der Waals surface area contributed by atoms with Crippen LogP contribution in [-0.4, -0.2) is 36.7 Å². The third-order valence-corrected chi connectivity index (χ3v) is 5.33. The molecule has 6 nitrogen and oxygen atoms in total. The molecule has 3 aromatic carbocycles. The molecule has 6 heteroatoms. The molecule has 0 unspecified atom stereocenters. The van der Waals surface area contributed by atoms with E-state index in [1.54, 1.807) is 0 Å². The van der Waals surface area contributed by atoms with E-state index in [0.29, 0.717) is 6.61 Å². The molecule has 0 N–H and O–H groups in total. The van der Waals surface area contributed by atoms with Crippen molar-refractivity contribution in [3.8, 4) is 0 Å². The summed E-state index contributed by atoms with van der Waals surface area (Å²) < 4.78 is 23.7. The summed E-state index contributed by atoms with van der Waals surface area (Å²) in [6.45, 7) is 3.59. The second kappa shape index (κ2) is 14.2. The first-order chi connectivity index (χ1) is 17.0. The summed E-state index contributed by atoms with van der Waals surface area (Å²) >= 11 is 0. The zero-order valence-electron chi connectivity index (χ0n) is 20.2. The molecular formula is C29H32O6. The highest BCUT2D eigenvalue weighted by Gasteiger charge is 2.37. The molecule has 0 radical (unpaired) electrons. The highest BCUT2D eigenvalue weighted by atomic mass is 16.6. The molecule has 35 heavy (non-hydrogen) atoms. The van der Waals surface area contributed by atoms with Crippen molar-refractivity contribution in [1.29, 1.82) is 0 Å². The van der Waals surface area contributed by atoms with Gasteiger partial charge in [-0.3, -0.25) is 9.59 Å². The van der Waals surface area contributed by atoms with E-state index in [9.17, 15) is 9.59 Å². The number of carbonyl (C=O) groups excluding carboxylic acids is 2. The van der Waals surface area contributed by atoms with Gasteiger partial charge in [-0.1, -0.05) is 91.0 Å². The van der Waals surface area contributed by atoms with E-state index in [1.807, 2.05) is 91.0 Å². The lowest BCUT2D eigenvalue weighted by molar-refractivity contribution is -0.182. The van der Waals surface area contributed by atoms with E-state index >= 15 is 0 Å². The maximum Gasteiger partial charge on any atom is 0.303 e. The van der Waals surface area contributed by atoms with E-state index in [2.05, 4.69) is 0 Å². The van der Waals surface area contributed by atoms with Gasteiger partial charge >= 0.3 is 5.97 Å². The Morgan fingerprint density at radius 1 is 0.657 bits per heavy atom. The largest absolute Gasteiger partial charge is 0.457 e. The number of Topliss-reactive ketones (excluding diaryl/α,β-unsaturated/α-hetero) is 1. The van der Waals surface area contributed by atoms with Crippen molar-refractivity contribution < 1.29 is 28.5 Å². The Kier molecular flexibility index (Phi) is 10.6. The van der Waals surface area contributed by atoms with Gasteiger partial charge < -0.3 is 18.9 Å². The topological polar surface area (TPSA) is 71.1 Å². The molecule has 0 aliphatic heterocycles. The SMILES string of the molecule is CC(=O)O[C@H](COCc1ccccc1)[C@@H](OCc1ccccc1)[C@@H](OCc1ccccc1)C(C)=O. The van der Waals surface area contributed by atoms with E-state index in [1.165, 1.54) is 13.8 Å². The summed E-state index contributed by atoms with van der Waals surface area (Å²) in [5.74, 6) is -0.712. The lowest BCUT2D eigenvalue weighted by Crippen LogP contribution is -2.48. The fourth-order valence-electron chi connectivity index (χ4n) is 3.64. The average molecular weight is 477 g/mol. The van der Waals surface area contributed by atoms with E-state index in [-0.39, 0.29) is 25.6 Å². The third-order valence-electron chi connectivity index (χ3n) is 5.33. The Bertz CT molecular complexity index is 1020. The van der Waals surface area contributed by atoms with E-state index in [0.717, 1.165) is 16.7 Å². The number of hydrogen-bond donors (Lipinski definition) is 0. The molecule has 3 aromatic rings. The van der Waals surface area contributed by atoms with Crippen LogP contribution in [0.3, 0.4) is 0 Å². The summed E-state index contributed by atoms with van der Waals surface area (Å²) in [7, 11) is 0. The van der Waals surface area contributed by atoms with Crippen LogP contribution in [0.15, 0.2) is 91.0 Å². The minimum absolute atomic E-state index is 0.0480. The average Bonchev–Trinajstić information content (AvgIpc) is 2.87. The molecule has 0 aromatic heterocycles. The predicted octanol–water partition coefficient (Wildman–Crippen LogP) is 4.89. The van der Waals surface area contributed by atoms with Crippen molar-refractivity contribution in [2.24, 2.45) is 0 Å². The second-order valence-electron chi connectivity index (χ2n) is 8.24. The zero-order valence-corrected chi connectivity index (χ0v) is 20.2. The van der Waals surface area contributed by atoms with Crippen LogP contribution in [0.5, 0.6) is 0 Å². The van der Waals surface area contributed by atoms with Gasteiger partial charge in [0.15, 0.2) is 11.9 Å². The second-order valence-corrected chi connectivity index (χ2v) is 8.24. The van der Waals surface area contributed by atoms with Crippen molar-refractivity contribution in [1.82, 2.24) is 0 Å². The number of ether oxygens (including phenoxy) is 4. The van der Waals surface area contributed by atoms with Gasteiger partial charge in [-0.05, 0) is 23.6 Å². The van der Waals surface area contributed by atoms with Gasteiger partial charge in [0.2, 0.25) is 0 Å². The highest BCUT2D eigenvalue weighted by molar-refractivity contribution is 5.81. The first-order valence-corrected chi connectivity index (χ1v) is 11.6. The van der Waals surface area contributed by atoms with Crippen LogP contribution in [0.4, 0.5) is 0 Å². The van der Waals surface area contributed by atoms with Crippen molar-refractivity contribution in [2.75, 3.05) is 6.61 Å². The Morgan fingerprint density at radius 3 is 1.57 bits per heavy atom. The maximum atomic E-state index is 12.7. The summed E-state index contributed by atoms with van der Waals surface area (Å²) in [6, 6.07) is 28.9. The standard InChI is InChI=1S/C29H32O6/c1-22(30)28(33-19-25-14-8-4-9-15-25)29(34-20-26-16-10-5-11-17-26)27(35-23(2)31)21-32-18-24-12-6-3-7-13-24/h3-17,27-29H,18-21H2,1-2H3/t27-,28+,29-/m1/s1. The Morgan fingerprint density at radius 2 is 1.11 bits per heavy atom. The van der Waals surface area contributed by atoms with Gasteiger partial charge in [-0.25, -0.2) is 0 Å². The fourth-order valence-corrected chi connectivity index (χ4v) is 3.64. The van der Waals surface area contributed by atoms with Gasteiger partial charge in [-0.15, -0.1) is 0 Å². The van der Waals surface area contributed by atoms with Gasteiger partial charge in [0.25, 0.3) is 0 Å². The van der Waals surface area contributed by atoms with Gasteiger partial charge in [-0.2, -0.15) is 0 Å². The molecule has 0 saturated heterocycles. The lowest BCUT2D eigenvalue weighted by atomic mass is 10.0. The van der Waals surface area contributed by atoms with Crippen LogP contribution in [0.25, 0.3) is 0 Å². The summed E-state index contributed by atoms with van der Waals surface area (Å²) in [4.78, 5) is 24.7. The van der Waals surface area contributed by atoms with Crippen molar-refractivity contribution in [3.05, 3.63) is 108 Å². The summed E-state index contributed by atoms with van der Waals surface area (Å²) in [6.07, 6.45) is -2.66. The quantitative estimate of drug-likeness (QED) is 0.309. The van der Waals surface area contributed by atoms with Gasteiger partial charge in [0.1, 0.15) is 12.2 Å². The number of esters is 1. The normalized spacial score (nSPS) is 13.5. The third kappa shape index (κ3) is 9.09. The molecule has 0 aliphatic carbocycles. The fraction of sp³-hybridized carbons (Fsp3) is 0.310. The molecule has 3 atom stereocenters. The van der Waals surface area contributed by atoms with Crippen molar-refractivity contribution in [2.45, 2.75) is 52.0 Å². The molecule has 0 amide bonds. The summed E-state index contributed by atoms with van der Waals surface area (Å²) in [5, 5.41) is 0. The minimum Gasteiger partial charge on any atom is -0.457 e. The summed E-state index contributed by atoms with van der Waals surface area (Å²) in [5.41, 5.74) is 2.83. The highest BCUT2D eigenvalue weighted by Crippen LogP contribution is 2.19. The molecule has 0 aliphatic rings. The first kappa shape index (κ1) is 26.3. The molecule has 0 saturated carbocycles. The van der Waals surface area contributed by atoms with E-state index in [4.69, 9.17) is 18.9 Å². The predicted molar refractivity (Wildman–Crippen MR) is 132 cm³/mol. The van der Waals surface area contributed by atoms with Crippen LogP contribution >= 0.6 is 0 Å². The van der Waals surface area contributed by atoms with Crippen molar-refractivity contribution >= 4 is 11.8 Å². The number of carbonyl (C=O) groups is 2. The Hall–Kier alpha value is -3.32. The van der Waals surface area contributed by atoms with E-state index < -0.39 is 24.3 Å². The minimum atomic E-state index is -0.955. The Balaban J connectivity index is 1.79. The Labute approximate surface area is 206 Å². The van der Waals surface area contributed by atoms with Crippen LogP contribution in [0, 0.1) is 0 Å². The first-order valence-electron chi connectivity index (χ1n) is 11.6. The number of benzene rings is 3. The van der Waals surface area contributed by atoms with Crippen LogP contribution in [-0.2, 0) is 48.4 Å². The molecule has 0 fully saturated rings. The molecule has 184 valence electrons. The molecular weight excluding hydrogens is 444 g/mol. The lowest BCUT2D eigenvalue weighted by Gasteiger charge is -2.32. The number of hydrogen-bond acceptors (Lipinski definition) is 6. The van der Waals surface area contributed by atoms with Crippen molar-refractivity contribution in [3.63, 3.8) is 0 Å². The van der Waals surface area contributed by atoms with Gasteiger partial charge in [0, 0.05) is 6.92 Å². The zero-order chi connectivity index (χ0) is 24.9. The van der Waals surface area contributed by atoms with Crippen LogP contribution in [0.1, 0.15) is 30.5 Å². The molecule has 0 bridgehead atoms. The number of ketones is 1. The molecule has 0 heterocycles. The molecule has 0 spiro atoms. The monoisotopic (exact) mass is 476 g/mol. The smallest absolute Gasteiger partial charge is 0.303 e. The van der Waals surface area contributed by atoms with Gasteiger partial charge in [0.05, 0.1) is 26.4 Å². The van der Waals surface area contributed by atoms with Crippen LogP contribution in [0.2, 0.25) is 0 Å². The maximum absolute atomic E-state index is 12.7.